The van der Waals surface area contributed by atoms with Gasteiger partial charge in [-0.1, -0.05) is 18.2 Å². The number of hydrogen-bond acceptors (Lipinski definition) is 3. The summed E-state index contributed by atoms with van der Waals surface area (Å²) in [5, 5.41) is 2.77. The summed E-state index contributed by atoms with van der Waals surface area (Å²) in [4.78, 5) is 12.8. The second kappa shape index (κ2) is 7.71. The van der Waals surface area contributed by atoms with Crippen LogP contribution in [-0.2, 0) is 17.4 Å². The zero-order valence-corrected chi connectivity index (χ0v) is 15.9. The Bertz CT molecular complexity index is 919. The minimum Gasteiger partial charge on any atom is -0.457 e. The highest BCUT2D eigenvalue weighted by molar-refractivity contribution is 5.94. The number of carbonyl (C=O) groups is 1. The van der Waals surface area contributed by atoms with Crippen molar-refractivity contribution in [3.8, 4) is 11.5 Å². The highest BCUT2D eigenvalue weighted by atomic mass is 19.4. The number of ether oxygens (including phenoxy) is 1. The number of halogens is 3. The van der Waals surface area contributed by atoms with Crippen molar-refractivity contribution in [3.63, 3.8) is 0 Å². The second-order valence-electron chi connectivity index (χ2n) is 7.83. The van der Waals surface area contributed by atoms with E-state index in [2.05, 4.69) is 5.32 Å². The number of para-hydroxylation sites is 1. The van der Waals surface area contributed by atoms with Crippen molar-refractivity contribution >= 4 is 11.6 Å². The highest BCUT2D eigenvalue weighted by Crippen LogP contribution is 2.44. The first-order valence-corrected chi connectivity index (χ1v) is 9.86. The van der Waals surface area contributed by atoms with Crippen LogP contribution in [0.3, 0.4) is 0 Å². The molecule has 0 spiro atoms. The molecule has 4 nitrogen and oxygen atoms in total. The van der Waals surface area contributed by atoms with Crippen molar-refractivity contribution < 1.29 is 22.7 Å². The summed E-state index contributed by atoms with van der Waals surface area (Å²) < 4.78 is 46.0. The maximum atomic E-state index is 13.4. The monoisotopic (exact) mass is 404 g/mol. The molecule has 1 heterocycles. The SMILES string of the molecule is NCC1CCC(C(=O)Nc2cc(C(F)(F)F)cc3c2Cc2ccccc2O3)CC1. The van der Waals surface area contributed by atoms with Crippen LogP contribution in [0.5, 0.6) is 11.5 Å². The van der Waals surface area contributed by atoms with Crippen molar-refractivity contribution in [3.05, 3.63) is 53.1 Å². The number of nitrogens with two attached hydrogens (primary N) is 1. The molecular weight excluding hydrogens is 381 g/mol. The van der Waals surface area contributed by atoms with Crippen molar-refractivity contribution in [2.24, 2.45) is 17.6 Å². The Morgan fingerprint density at radius 2 is 1.83 bits per heavy atom. The van der Waals surface area contributed by atoms with Gasteiger partial charge in [-0.25, -0.2) is 0 Å². The molecule has 1 fully saturated rings. The summed E-state index contributed by atoms with van der Waals surface area (Å²) in [6.07, 6.45) is -0.993. The van der Waals surface area contributed by atoms with Gasteiger partial charge in [-0.15, -0.1) is 0 Å². The summed E-state index contributed by atoms with van der Waals surface area (Å²) in [7, 11) is 0. The van der Waals surface area contributed by atoms with Gasteiger partial charge in [-0.2, -0.15) is 13.2 Å². The third-order valence-electron chi connectivity index (χ3n) is 5.90. The van der Waals surface area contributed by atoms with Gasteiger partial charge in [-0.05, 0) is 61.9 Å². The van der Waals surface area contributed by atoms with E-state index in [0.29, 0.717) is 43.0 Å². The van der Waals surface area contributed by atoms with Crippen molar-refractivity contribution in [1.82, 2.24) is 0 Å². The Hall–Kier alpha value is -2.54. The van der Waals surface area contributed by atoms with E-state index in [1.54, 1.807) is 12.1 Å². The zero-order chi connectivity index (χ0) is 20.6. The number of nitrogens with one attached hydrogen (secondary N) is 1. The third kappa shape index (κ3) is 4.10. The van der Waals surface area contributed by atoms with Gasteiger partial charge in [-0.3, -0.25) is 4.79 Å². The number of rotatable bonds is 3. The van der Waals surface area contributed by atoms with Gasteiger partial charge in [0, 0.05) is 23.6 Å². The first-order valence-electron chi connectivity index (χ1n) is 9.86. The Morgan fingerprint density at radius 1 is 1.10 bits per heavy atom. The zero-order valence-electron chi connectivity index (χ0n) is 15.9. The van der Waals surface area contributed by atoms with Crippen molar-refractivity contribution in [2.75, 3.05) is 11.9 Å². The lowest BCUT2D eigenvalue weighted by molar-refractivity contribution is -0.137. The maximum absolute atomic E-state index is 13.4. The van der Waals surface area contributed by atoms with E-state index >= 15 is 0 Å². The van der Waals surface area contributed by atoms with Crippen LogP contribution in [-0.4, -0.2) is 12.5 Å². The molecule has 1 aliphatic heterocycles. The van der Waals surface area contributed by atoms with Crippen LogP contribution < -0.4 is 15.8 Å². The first kappa shape index (κ1) is 19.8. The Labute approximate surface area is 167 Å². The molecule has 0 aromatic heterocycles. The van der Waals surface area contributed by atoms with E-state index in [1.807, 2.05) is 12.1 Å². The lowest BCUT2D eigenvalue weighted by Crippen LogP contribution is -2.30. The third-order valence-corrected chi connectivity index (χ3v) is 5.90. The van der Waals surface area contributed by atoms with Crippen LogP contribution >= 0.6 is 0 Å². The summed E-state index contributed by atoms with van der Waals surface area (Å²) in [6, 6.07) is 9.25. The topological polar surface area (TPSA) is 64.4 Å². The molecule has 1 amide bonds. The van der Waals surface area contributed by atoms with Gasteiger partial charge in [0.1, 0.15) is 11.5 Å². The van der Waals surface area contributed by atoms with E-state index in [1.165, 1.54) is 0 Å². The van der Waals surface area contributed by atoms with Gasteiger partial charge in [0.15, 0.2) is 0 Å². The van der Waals surface area contributed by atoms with Gasteiger partial charge in [0.25, 0.3) is 0 Å². The highest BCUT2D eigenvalue weighted by Gasteiger charge is 2.34. The number of carbonyl (C=O) groups excluding carboxylic acids is 1. The van der Waals surface area contributed by atoms with Crippen LogP contribution in [0.4, 0.5) is 18.9 Å². The van der Waals surface area contributed by atoms with Crippen LogP contribution in [0.2, 0.25) is 0 Å². The van der Waals surface area contributed by atoms with E-state index < -0.39 is 11.7 Å². The number of amides is 1. The Morgan fingerprint density at radius 3 is 2.52 bits per heavy atom. The largest absolute Gasteiger partial charge is 0.457 e. The van der Waals surface area contributed by atoms with E-state index in [-0.39, 0.29) is 23.3 Å². The Balaban J connectivity index is 1.63. The average Bonchev–Trinajstić information content (AvgIpc) is 2.71. The van der Waals surface area contributed by atoms with Gasteiger partial charge in [0.2, 0.25) is 5.91 Å². The molecule has 0 radical (unpaired) electrons. The molecule has 2 aromatic carbocycles. The molecule has 7 heteroatoms. The molecule has 4 rings (SSSR count). The standard InChI is InChI=1S/C22H23F3N2O2/c23-22(24,25)16-10-18(27-21(28)14-7-5-13(12-26)6-8-14)17-9-15-3-1-2-4-19(15)29-20(17)11-16/h1-4,10-11,13-14H,5-9,12,26H2,(H,27,28). The maximum Gasteiger partial charge on any atom is 0.416 e. The summed E-state index contributed by atoms with van der Waals surface area (Å²) >= 11 is 0. The summed E-state index contributed by atoms with van der Waals surface area (Å²) in [5.41, 5.74) is 6.48. The number of hydrogen-bond donors (Lipinski definition) is 2. The number of benzene rings is 2. The summed E-state index contributed by atoms with van der Waals surface area (Å²) in [6.45, 7) is 0.603. The predicted octanol–water partition coefficient (Wildman–Crippen LogP) is 5.11. The van der Waals surface area contributed by atoms with E-state index in [0.717, 1.165) is 30.5 Å². The molecule has 154 valence electrons. The molecule has 29 heavy (non-hydrogen) atoms. The van der Waals surface area contributed by atoms with Gasteiger partial charge >= 0.3 is 6.18 Å². The molecule has 0 atom stereocenters. The molecular formula is C22H23F3N2O2. The number of fused-ring (bicyclic) bond motifs is 2. The lowest BCUT2D eigenvalue weighted by Gasteiger charge is -2.28. The molecule has 0 saturated heterocycles. The van der Waals surface area contributed by atoms with Crippen LogP contribution in [0.1, 0.15) is 42.4 Å². The number of anilines is 1. The fraction of sp³-hybridized carbons (Fsp3) is 0.409. The van der Waals surface area contributed by atoms with Crippen molar-refractivity contribution in [2.45, 2.75) is 38.3 Å². The minimum absolute atomic E-state index is 0.140. The molecule has 3 N–H and O–H groups in total. The van der Waals surface area contributed by atoms with E-state index in [9.17, 15) is 18.0 Å². The second-order valence-corrected chi connectivity index (χ2v) is 7.83. The smallest absolute Gasteiger partial charge is 0.416 e. The normalized spacial score (nSPS) is 21.0. The lowest BCUT2D eigenvalue weighted by atomic mass is 9.81. The fourth-order valence-electron chi connectivity index (χ4n) is 4.15. The molecule has 0 bridgehead atoms. The first-order chi connectivity index (χ1) is 13.8. The molecule has 0 unspecified atom stereocenters. The van der Waals surface area contributed by atoms with Gasteiger partial charge in [0.05, 0.1) is 5.56 Å². The quantitative estimate of drug-likeness (QED) is 0.638. The van der Waals surface area contributed by atoms with Crippen LogP contribution in [0.25, 0.3) is 0 Å². The molecule has 1 aliphatic carbocycles. The van der Waals surface area contributed by atoms with Gasteiger partial charge < -0.3 is 15.8 Å². The van der Waals surface area contributed by atoms with E-state index in [4.69, 9.17) is 10.5 Å². The molecule has 2 aliphatic rings. The van der Waals surface area contributed by atoms with Crippen LogP contribution in [0, 0.1) is 11.8 Å². The minimum atomic E-state index is -4.53. The predicted molar refractivity (Wildman–Crippen MR) is 104 cm³/mol. The molecule has 1 saturated carbocycles. The molecule has 2 aromatic rings. The fourth-order valence-corrected chi connectivity index (χ4v) is 4.15. The summed E-state index contributed by atoms with van der Waals surface area (Å²) in [5.74, 6) is 0.656. The average molecular weight is 404 g/mol. The number of alkyl halides is 3. The van der Waals surface area contributed by atoms with Crippen LogP contribution in [0.15, 0.2) is 36.4 Å². The van der Waals surface area contributed by atoms with Crippen molar-refractivity contribution in [1.29, 1.82) is 0 Å². The Kier molecular flexibility index (Phi) is 5.25.